The molecule has 120 valence electrons. The van der Waals surface area contributed by atoms with Crippen molar-refractivity contribution in [3.8, 4) is 0 Å². The number of nitro groups is 1. The highest BCUT2D eigenvalue weighted by Crippen LogP contribution is 2.25. The zero-order valence-electron chi connectivity index (χ0n) is 12.6. The second kappa shape index (κ2) is 6.41. The molecule has 22 heavy (non-hydrogen) atoms. The molecule has 0 radical (unpaired) electrons. The van der Waals surface area contributed by atoms with Crippen LogP contribution in [0.4, 0.5) is 5.69 Å². The van der Waals surface area contributed by atoms with E-state index in [0.29, 0.717) is 19.4 Å². The highest BCUT2D eigenvalue weighted by molar-refractivity contribution is 5.82. The van der Waals surface area contributed by atoms with Crippen molar-refractivity contribution in [2.24, 2.45) is 0 Å². The van der Waals surface area contributed by atoms with Crippen molar-refractivity contribution in [1.82, 2.24) is 5.32 Å². The Morgan fingerprint density at radius 3 is 2.91 bits per heavy atom. The normalized spacial score (nSPS) is 21.9. The lowest BCUT2D eigenvalue weighted by Gasteiger charge is -2.36. The summed E-state index contributed by atoms with van der Waals surface area (Å²) in [5.41, 5.74) is -0.262. The highest BCUT2D eigenvalue weighted by atomic mass is 16.6. The average Bonchev–Trinajstić information content (AvgIpc) is 2.45. The zero-order valence-corrected chi connectivity index (χ0v) is 12.6. The van der Waals surface area contributed by atoms with Gasteiger partial charge in [0.15, 0.2) is 6.10 Å². The number of nitro benzene ring substituents is 1. The number of hydrogen-bond acceptors (Lipinski definition) is 5. The van der Waals surface area contributed by atoms with E-state index in [2.05, 4.69) is 5.32 Å². The van der Waals surface area contributed by atoms with Crippen molar-refractivity contribution in [3.05, 3.63) is 39.9 Å². The number of carbonyl (C=O) groups is 1. The summed E-state index contributed by atoms with van der Waals surface area (Å²) in [5, 5.41) is 23.6. The number of hydrogen-bond donors (Lipinski definition) is 2. The number of nitrogens with zero attached hydrogens (tertiary/aromatic N) is 1. The van der Waals surface area contributed by atoms with Gasteiger partial charge in [-0.3, -0.25) is 14.9 Å². The van der Waals surface area contributed by atoms with E-state index in [9.17, 15) is 20.0 Å². The van der Waals surface area contributed by atoms with Crippen LogP contribution in [-0.4, -0.2) is 34.2 Å². The first-order valence-corrected chi connectivity index (χ1v) is 7.15. The van der Waals surface area contributed by atoms with Crippen LogP contribution in [0.2, 0.25) is 0 Å². The maximum absolute atomic E-state index is 12.1. The van der Waals surface area contributed by atoms with E-state index >= 15 is 0 Å². The molecule has 0 saturated carbocycles. The van der Waals surface area contributed by atoms with E-state index in [-0.39, 0.29) is 22.9 Å². The second-order valence-corrected chi connectivity index (χ2v) is 6.06. The first-order valence-electron chi connectivity index (χ1n) is 7.15. The molecule has 1 fully saturated rings. The molecule has 1 aliphatic heterocycles. The van der Waals surface area contributed by atoms with Crippen LogP contribution >= 0.6 is 0 Å². The smallest absolute Gasteiger partial charge is 0.269 e. The number of ether oxygens (including phenoxy) is 1. The maximum Gasteiger partial charge on any atom is 0.269 e. The van der Waals surface area contributed by atoms with Gasteiger partial charge >= 0.3 is 0 Å². The third kappa shape index (κ3) is 4.02. The summed E-state index contributed by atoms with van der Waals surface area (Å²) in [7, 11) is 0. The van der Waals surface area contributed by atoms with Gasteiger partial charge in [0.1, 0.15) is 0 Å². The number of benzene rings is 1. The van der Waals surface area contributed by atoms with Crippen LogP contribution in [0.25, 0.3) is 0 Å². The van der Waals surface area contributed by atoms with Gasteiger partial charge in [-0.25, -0.2) is 0 Å². The Balaban J connectivity index is 2.03. The number of aliphatic hydroxyl groups excluding tert-OH is 1. The summed E-state index contributed by atoms with van der Waals surface area (Å²) >= 11 is 0. The van der Waals surface area contributed by atoms with Crippen LogP contribution in [0, 0.1) is 10.1 Å². The lowest BCUT2D eigenvalue weighted by atomic mass is 9.93. The number of rotatable bonds is 4. The number of non-ortho nitro benzene ring substituents is 1. The van der Waals surface area contributed by atoms with Crippen molar-refractivity contribution < 1.29 is 19.6 Å². The standard InChI is InChI=1S/C15H20N2O5/c1-15(2)9-11(6-7-22-15)16-14(19)13(18)10-4-3-5-12(8-10)17(20)21/h3-5,8,11,13,18H,6-7,9H2,1-2H3,(H,16,19)/t11-,13-/m1/s1. The Labute approximate surface area is 128 Å². The molecule has 1 amide bonds. The summed E-state index contributed by atoms with van der Waals surface area (Å²) in [5.74, 6) is -0.553. The summed E-state index contributed by atoms with van der Waals surface area (Å²) in [6.07, 6.45) is -0.0946. The van der Waals surface area contributed by atoms with E-state index in [1.165, 1.54) is 24.3 Å². The molecule has 0 aliphatic carbocycles. The molecule has 0 spiro atoms. The molecular formula is C15H20N2O5. The van der Waals surface area contributed by atoms with Gasteiger partial charge in [0, 0.05) is 24.8 Å². The maximum atomic E-state index is 12.1. The van der Waals surface area contributed by atoms with E-state index in [1.807, 2.05) is 13.8 Å². The van der Waals surface area contributed by atoms with E-state index in [1.54, 1.807) is 0 Å². The quantitative estimate of drug-likeness (QED) is 0.651. The Bertz CT molecular complexity index is 573. The minimum Gasteiger partial charge on any atom is -0.378 e. The molecule has 1 aromatic carbocycles. The first kappa shape index (κ1) is 16.4. The number of nitrogens with one attached hydrogen (secondary N) is 1. The van der Waals surface area contributed by atoms with Gasteiger partial charge in [0.2, 0.25) is 0 Å². The molecule has 0 bridgehead atoms. The van der Waals surface area contributed by atoms with Crippen molar-refractivity contribution in [1.29, 1.82) is 0 Å². The van der Waals surface area contributed by atoms with Crippen molar-refractivity contribution in [3.63, 3.8) is 0 Å². The molecule has 2 atom stereocenters. The molecule has 1 heterocycles. The Morgan fingerprint density at radius 2 is 2.27 bits per heavy atom. The van der Waals surface area contributed by atoms with Gasteiger partial charge in [-0.15, -0.1) is 0 Å². The Morgan fingerprint density at radius 1 is 1.55 bits per heavy atom. The largest absolute Gasteiger partial charge is 0.378 e. The predicted molar refractivity (Wildman–Crippen MR) is 79.3 cm³/mol. The third-order valence-electron chi connectivity index (χ3n) is 3.69. The fourth-order valence-corrected chi connectivity index (χ4v) is 2.59. The molecule has 2 rings (SSSR count). The van der Waals surface area contributed by atoms with Gasteiger partial charge in [0.05, 0.1) is 10.5 Å². The van der Waals surface area contributed by atoms with Crippen molar-refractivity contribution >= 4 is 11.6 Å². The van der Waals surface area contributed by atoms with Crippen LogP contribution in [0.5, 0.6) is 0 Å². The summed E-state index contributed by atoms with van der Waals surface area (Å²) in [4.78, 5) is 22.3. The fourth-order valence-electron chi connectivity index (χ4n) is 2.59. The molecule has 0 unspecified atom stereocenters. The van der Waals surface area contributed by atoms with Crippen molar-refractivity contribution in [2.45, 2.75) is 44.4 Å². The minimum atomic E-state index is -1.43. The van der Waals surface area contributed by atoms with Crippen LogP contribution in [0.1, 0.15) is 38.4 Å². The zero-order chi connectivity index (χ0) is 16.3. The molecule has 7 heteroatoms. The molecule has 1 aromatic rings. The van der Waals surface area contributed by atoms with Crippen LogP contribution in [0.15, 0.2) is 24.3 Å². The number of amides is 1. The van der Waals surface area contributed by atoms with E-state index in [4.69, 9.17) is 4.74 Å². The summed E-state index contributed by atoms with van der Waals surface area (Å²) < 4.78 is 5.58. The van der Waals surface area contributed by atoms with E-state index < -0.39 is 16.9 Å². The van der Waals surface area contributed by atoms with E-state index in [0.717, 1.165) is 0 Å². The average molecular weight is 308 g/mol. The number of carbonyl (C=O) groups excluding carboxylic acids is 1. The van der Waals surface area contributed by atoms with Crippen LogP contribution in [0.3, 0.4) is 0 Å². The molecule has 1 saturated heterocycles. The Kier molecular flexibility index (Phi) is 4.77. The second-order valence-electron chi connectivity index (χ2n) is 6.06. The first-order chi connectivity index (χ1) is 10.3. The lowest BCUT2D eigenvalue weighted by Crippen LogP contribution is -2.47. The van der Waals surface area contributed by atoms with Gasteiger partial charge < -0.3 is 15.2 Å². The predicted octanol–water partition coefficient (Wildman–Crippen LogP) is 1.70. The van der Waals surface area contributed by atoms with Crippen LogP contribution in [-0.2, 0) is 9.53 Å². The third-order valence-corrected chi connectivity index (χ3v) is 3.69. The Hall–Kier alpha value is -1.99. The van der Waals surface area contributed by atoms with Crippen molar-refractivity contribution in [2.75, 3.05) is 6.61 Å². The topological polar surface area (TPSA) is 102 Å². The van der Waals surface area contributed by atoms with Gasteiger partial charge in [-0.1, -0.05) is 12.1 Å². The summed E-state index contributed by atoms with van der Waals surface area (Å²) in [6.45, 7) is 4.44. The molecule has 1 aliphatic rings. The van der Waals surface area contributed by atoms with Crippen LogP contribution < -0.4 is 5.32 Å². The SMILES string of the molecule is CC1(C)C[C@H](NC(=O)[C@H](O)c2cccc([N+](=O)[O-])c2)CCO1. The lowest BCUT2D eigenvalue weighted by molar-refractivity contribution is -0.385. The molecule has 2 N–H and O–H groups in total. The highest BCUT2D eigenvalue weighted by Gasteiger charge is 2.31. The van der Waals surface area contributed by atoms with Gasteiger partial charge in [-0.2, -0.15) is 0 Å². The molecule has 7 nitrogen and oxygen atoms in total. The summed E-state index contributed by atoms with van der Waals surface area (Å²) in [6, 6.07) is 5.38. The monoisotopic (exact) mass is 308 g/mol. The molecular weight excluding hydrogens is 288 g/mol. The fraction of sp³-hybridized carbons (Fsp3) is 0.533. The van der Waals surface area contributed by atoms with Gasteiger partial charge in [-0.05, 0) is 32.3 Å². The number of aliphatic hydroxyl groups is 1. The minimum absolute atomic E-state index is 0.0791. The van der Waals surface area contributed by atoms with Gasteiger partial charge in [0.25, 0.3) is 11.6 Å². The molecule has 0 aromatic heterocycles.